The topological polar surface area (TPSA) is 43.3 Å². The van der Waals surface area contributed by atoms with E-state index in [0.717, 1.165) is 36.1 Å². The number of hydrogen-bond acceptors (Lipinski definition) is 3. The van der Waals surface area contributed by atoms with Crippen LogP contribution in [0.2, 0.25) is 0 Å². The Bertz CT molecular complexity index is 302. The van der Waals surface area contributed by atoms with Gasteiger partial charge in [-0.2, -0.15) is 0 Å². The molecule has 0 aromatic heterocycles. The zero-order valence-corrected chi connectivity index (χ0v) is 8.61. The maximum absolute atomic E-state index is 11.7. The Balaban J connectivity index is 2.24. The molecule has 0 aliphatic carbocycles. The molecule has 1 saturated heterocycles. The molecular formula is C10H13NO2S. The van der Waals surface area contributed by atoms with Crippen molar-refractivity contribution < 1.29 is 9.42 Å². The van der Waals surface area contributed by atoms with E-state index < -0.39 is 4.21 Å². The van der Waals surface area contributed by atoms with Crippen molar-refractivity contribution in [3.63, 3.8) is 0 Å². The minimum atomic E-state index is -1.18. The largest absolute Gasteiger partial charge is 0.586 e. The maximum atomic E-state index is 11.7. The molecule has 2 rings (SSSR count). The van der Waals surface area contributed by atoms with Crippen LogP contribution in [0.3, 0.4) is 0 Å². The number of quaternary nitrogens is 1. The van der Waals surface area contributed by atoms with Gasteiger partial charge < -0.3 is 5.21 Å². The summed E-state index contributed by atoms with van der Waals surface area (Å²) in [5.74, 6) is 0.739. The molecule has 0 bridgehead atoms. The molecule has 4 heteroatoms. The fourth-order valence-electron chi connectivity index (χ4n) is 1.76. The summed E-state index contributed by atoms with van der Waals surface area (Å²) in [4.78, 5) is 0. The highest BCUT2D eigenvalue weighted by Gasteiger charge is 2.34. The van der Waals surface area contributed by atoms with Gasteiger partial charge >= 0.3 is 0 Å². The highest BCUT2D eigenvalue weighted by Crippen LogP contribution is 2.41. The first kappa shape index (κ1) is 9.98. The Morgan fingerprint density at radius 3 is 2.71 bits per heavy atom. The number of nitrogens with zero attached hydrogens (tertiary/aromatic N) is 1. The van der Waals surface area contributed by atoms with Crippen molar-refractivity contribution >= 4 is 11.9 Å². The number of hydrogen-bond donors (Lipinski definition) is 1. The van der Waals surface area contributed by atoms with Crippen LogP contribution < -0.4 is 0 Å². The Kier molecular flexibility index (Phi) is 2.78. The quantitative estimate of drug-likeness (QED) is 0.441. The first-order chi connectivity index (χ1) is 6.70. The molecular weight excluding hydrogens is 198 g/mol. The summed E-state index contributed by atoms with van der Waals surface area (Å²) in [5, 5.41) is 21.3. The van der Waals surface area contributed by atoms with Crippen molar-refractivity contribution in [2.24, 2.45) is 0 Å². The van der Waals surface area contributed by atoms with Crippen molar-refractivity contribution in [3.05, 3.63) is 41.1 Å². The highest BCUT2D eigenvalue weighted by molar-refractivity contribution is 7.93. The summed E-state index contributed by atoms with van der Waals surface area (Å²) in [6.07, 6.45) is 1.75. The van der Waals surface area contributed by atoms with E-state index in [0.29, 0.717) is 0 Å². The van der Waals surface area contributed by atoms with Gasteiger partial charge in [-0.15, -0.1) is 4.21 Å². The second-order valence-electron chi connectivity index (χ2n) is 3.47. The molecule has 0 saturated carbocycles. The molecule has 1 fully saturated rings. The summed E-state index contributed by atoms with van der Waals surface area (Å²) in [6.45, 7) is 0. The summed E-state index contributed by atoms with van der Waals surface area (Å²) < 4.78 is -1.18. The normalized spacial score (nSPS) is 32.9. The molecule has 14 heavy (non-hydrogen) atoms. The zero-order chi connectivity index (χ0) is 10.0. The molecule has 1 N–H and O–H groups in total. The number of hydroxylamine groups is 2. The van der Waals surface area contributed by atoms with Crippen molar-refractivity contribution in [1.29, 1.82) is 0 Å². The SMILES string of the molecule is [O-][N+]1(O)SCCCC1c1ccccc1. The Labute approximate surface area is 87.6 Å². The molecule has 1 aromatic carbocycles. The van der Waals surface area contributed by atoms with E-state index in [-0.39, 0.29) is 6.04 Å². The summed E-state index contributed by atoms with van der Waals surface area (Å²) in [7, 11) is 0. The molecule has 0 spiro atoms. The average Bonchev–Trinajstić information content (AvgIpc) is 2.18. The van der Waals surface area contributed by atoms with Crippen molar-refractivity contribution in [2.45, 2.75) is 18.9 Å². The fraction of sp³-hybridized carbons (Fsp3) is 0.400. The van der Waals surface area contributed by atoms with Gasteiger partial charge in [-0.1, -0.05) is 30.3 Å². The molecule has 2 atom stereocenters. The number of benzene rings is 1. The Hall–Kier alpha value is -0.550. The van der Waals surface area contributed by atoms with Gasteiger partial charge in [0.25, 0.3) is 0 Å². The lowest BCUT2D eigenvalue weighted by atomic mass is 10.0. The lowest BCUT2D eigenvalue weighted by molar-refractivity contribution is -0.979. The third-order valence-electron chi connectivity index (χ3n) is 2.48. The van der Waals surface area contributed by atoms with Crippen LogP contribution >= 0.6 is 11.9 Å². The molecule has 0 radical (unpaired) electrons. The fourth-order valence-corrected chi connectivity index (χ4v) is 2.72. The lowest BCUT2D eigenvalue weighted by Crippen LogP contribution is -2.38. The van der Waals surface area contributed by atoms with E-state index in [1.165, 1.54) is 0 Å². The van der Waals surface area contributed by atoms with E-state index in [2.05, 4.69) is 0 Å². The minimum absolute atomic E-state index is 0.324. The van der Waals surface area contributed by atoms with Crippen LogP contribution in [0.25, 0.3) is 0 Å². The van der Waals surface area contributed by atoms with Gasteiger partial charge in [-0.25, -0.2) is 5.21 Å². The van der Waals surface area contributed by atoms with Gasteiger partial charge in [0.2, 0.25) is 0 Å². The third kappa shape index (κ3) is 1.93. The lowest BCUT2D eigenvalue weighted by Gasteiger charge is -2.41. The van der Waals surface area contributed by atoms with Crippen LogP contribution in [0.1, 0.15) is 24.4 Å². The predicted octanol–water partition coefficient (Wildman–Crippen LogP) is 2.87. The monoisotopic (exact) mass is 211 g/mol. The zero-order valence-electron chi connectivity index (χ0n) is 7.80. The second kappa shape index (κ2) is 3.90. The summed E-state index contributed by atoms with van der Waals surface area (Å²) >= 11 is 1.06. The van der Waals surface area contributed by atoms with Crippen molar-refractivity contribution in [3.8, 4) is 0 Å². The first-order valence-electron chi connectivity index (χ1n) is 4.72. The van der Waals surface area contributed by atoms with E-state index in [1.807, 2.05) is 30.3 Å². The standard InChI is InChI=1S/C10H13NO2S/c12-11(13)10(7-4-8-14-11)9-5-2-1-3-6-9/h1-3,5-6,10,12H,4,7-8H2. The van der Waals surface area contributed by atoms with Crippen LogP contribution in [-0.2, 0) is 0 Å². The van der Waals surface area contributed by atoms with E-state index in [4.69, 9.17) is 0 Å². The third-order valence-corrected chi connectivity index (χ3v) is 3.57. The molecule has 1 aliphatic rings. The summed E-state index contributed by atoms with van der Waals surface area (Å²) in [5.41, 5.74) is 0.928. The molecule has 0 amide bonds. The maximum Gasteiger partial charge on any atom is 0.155 e. The van der Waals surface area contributed by atoms with Crippen LogP contribution in [0, 0.1) is 5.21 Å². The smallest absolute Gasteiger partial charge is 0.155 e. The molecule has 76 valence electrons. The van der Waals surface area contributed by atoms with Crippen LogP contribution in [0.15, 0.2) is 30.3 Å². The van der Waals surface area contributed by atoms with Gasteiger partial charge in [0.05, 0.1) is 5.75 Å². The Morgan fingerprint density at radius 1 is 1.36 bits per heavy atom. The predicted molar refractivity (Wildman–Crippen MR) is 56.3 cm³/mol. The van der Waals surface area contributed by atoms with Gasteiger partial charge in [0.1, 0.15) is 11.9 Å². The second-order valence-corrected chi connectivity index (χ2v) is 4.66. The average molecular weight is 211 g/mol. The van der Waals surface area contributed by atoms with Crippen LogP contribution in [-0.4, -0.2) is 15.2 Å². The van der Waals surface area contributed by atoms with Crippen LogP contribution in [0.5, 0.6) is 0 Å². The van der Waals surface area contributed by atoms with Crippen molar-refractivity contribution in [1.82, 2.24) is 0 Å². The molecule has 2 unspecified atom stereocenters. The van der Waals surface area contributed by atoms with E-state index >= 15 is 0 Å². The highest BCUT2D eigenvalue weighted by atomic mass is 32.2. The summed E-state index contributed by atoms with van der Waals surface area (Å²) in [6, 6.07) is 9.18. The minimum Gasteiger partial charge on any atom is -0.586 e. The molecule has 1 aliphatic heterocycles. The van der Waals surface area contributed by atoms with Gasteiger partial charge in [0.15, 0.2) is 6.04 Å². The van der Waals surface area contributed by atoms with Crippen molar-refractivity contribution in [2.75, 3.05) is 5.75 Å². The first-order valence-corrected chi connectivity index (χ1v) is 5.66. The van der Waals surface area contributed by atoms with Gasteiger partial charge in [-0.05, 0) is 6.42 Å². The van der Waals surface area contributed by atoms with Gasteiger partial charge in [0, 0.05) is 12.0 Å². The van der Waals surface area contributed by atoms with E-state index in [9.17, 15) is 10.4 Å². The van der Waals surface area contributed by atoms with Crippen LogP contribution in [0.4, 0.5) is 0 Å². The number of rotatable bonds is 1. The van der Waals surface area contributed by atoms with Gasteiger partial charge in [-0.3, -0.25) is 0 Å². The van der Waals surface area contributed by atoms with E-state index in [1.54, 1.807) is 0 Å². The molecule has 1 aromatic rings. The Morgan fingerprint density at radius 2 is 2.07 bits per heavy atom. The molecule has 1 heterocycles. The molecule has 3 nitrogen and oxygen atoms in total.